The highest BCUT2D eigenvalue weighted by Gasteiger charge is 2.31. The van der Waals surface area contributed by atoms with Gasteiger partial charge in [0.2, 0.25) is 11.8 Å². The molecule has 3 amide bonds. The maximum absolute atomic E-state index is 12.7. The van der Waals surface area contributed by atoms with E-state index >= 15 is 0 Å². The molecule has 0 heterocycles. The Morgan fingerprint density at radius 2 is 1.55 bits per heavy atom. The van der Waals surface area contributed by atoms with E-state index in [0.29, 0.717) is 5.56 Å². The van der Waals surface area contributed by atoms with Crippen molar-refractivity contribution in [3.05, 3.63) is 71.3 Å². The summed E-state index contributed by atoms with van der Waals surface area (Å²) in [7, 11) is 0. The monoisotopic (exact) mass is 465 g/mol. The Kier molecular flexibility index (Phi) is 8.84. The van der Waals surface area contributed by atoms with Gasteiger partial charge in [-0.15, -0.1) is 0 Å². The molecule has 4 N–H and O–H groups in total. The molecule has 0 aliphatic heterocycles. The number of nitrogens with two attached hydrogens (primary N) is 1. The van der Waals surface area contributed by atoms with Gasteiger partial charge >= 0.3 is 12.3 Å². The molecule has 33 heavy (non-hydrogen) atoms. The lowest BCUT2D eigenvalue weighted by atomic mass is 10.0. The average Bonchev–Trinajstić information content (AvgIpc) is 2.75. The predicted octanol–water partition coefficient (Wildman–Crippen LogP) is 3.17. The smallest absolute Gasteiger partial charge is 0.416 e. The Morgan fingerprint density at radius 1 is 0.939 bits per heavy atom. The minimum Gasteiger partial charge on any atom is -0.445 e. The molecule has 2 aromatic carbocycles. The number of benzene rings is 2. The minimum atomic E-state index is -4.49. The van der Waals surface area contributed by atoms with Gasteiger partial charge in [0.15, 0.2) is 0 Å². The molecule has 10 heteroatoms. The largest absolute Gasteiger partial charge is 0.445 e. The normalized spacial score (nSPS) is 13.2. The minimum absolute atomic E-state index is 0.0109. The summed E-state index contributed by atoms with van der Waals surface area (Å²) in [5, 5.41) is 4.93. The van der Waals surface area contributed by atoms with E-state index in [9.17, 15) is 27.6 Å². The molecule has 0 radical (unpaired) electrons. The van der Waals surface area contributed by atoms with Gasteiger partial charge in [0.1, 0.15) is 18.7 Å². The standard InChI is InChI=1S/C23H26F3N3O4/c1-14(2)19(29-22(32)33-13-16-6-4-3-5-7-16)21(31)28-18(20(27)30)12-15-8-10-17(11-9-15)23(24,25)26/h3-11,14,18-19H,12-13H2,1-2H3,(H2,27,30)(H,28,31)(H,29,32)/t18-,19-/m1/s1. The molecule has 0 unspecified atom stereocenters. The third-order valence-corrected chi connectivity index (χ3v) is 4.82. The van der Waals surface area contributed by atoms with E-state index < -0.39 is 41.7 Å². The van der Waals surface area contributed by atoms with Gasteiger partial charge in [-0.3, -0.25) is 9.59 Å². The van der Waals surface area contributed by atoms with Crippen LogP contribution in [0.4, 0.5) is 18.0 Å². The number of hydrogen-bond donors (Lipinski definition) is 3. The number of ether oxygens (including phenoxy) is 1. The first-order valence-corrected chi connectivity index (χ1v) is 10.2. The molecule has 0 spiro atoms. The Balaban J connectivity index is 2.00. The van der Waals surface area contributed by atoms with Crippen LogP contribution >= 0.6 is 0 Å². The van der Waals surface area contributed by atoms with Crippen LogP contribution in [0.2, 0.25) is 0 Å². The van der Waals surface area contributed by atoms with Crippen LogP contribution in [0, 0.1) is 5.92 Å². The number of rotatable bonds is 9. The molecule has 0 fully saturated rings. The molecular weight excluding hydrogens is 439 g/mol. The highest BCUT2D eigenvalue weighted by atomic mass is 19.4. The molecular formula is C23H26F3N3O4. The predicted molar refractivity (Wildman–Crippen MR) is 115 cm³/mol. The van der Waals surface area contributed by atoms with E-state index in [1.54, 1.807) is 38.1 Å². The summed E-state index contributed by atoms with van der Waals surface area (Å²) < 4.78 is 43.3. The number of nitrogens with one attached hydrogen (secondary N) is 2. The highest BCUT2D eigenvalue weighted by molar-refractivity contribution is 5.91. The lowest BCUT2D eigenvalue weighted by Gasteiger charge is -2.24. The summed E-state index contributed by atoms with van der Waals surface area (Å²) in [6, 6.07) is 10.9. The van der Waals surface area contributed by atoms with Gasteiger partial charge < -0.3 is 21.1 Å². The first-order valence-electron chi connectivity index (χ1n) is 10.2. The zero-order chi connectivity index (χ0) is 24.6. The molecule has 0 saturated carbocycles. The lowest BCUT2D eigenvalue weighted by molar-refractivity contribution is -0.137. The van der Waals surface area contributed by atoms with Crippen molar-refractivity contribution in [1.29, 1.82) is 0 Å². The molecule has 2 atom stereocenters. The molecule has 0 aromatic heterocycles. The molecule has 0 aliphatic carbocycles. The molecule has 178 valence electrons. The van der Waals surface area contributed by atoms with Crippen LogP contribution in [0.1, 0.15) is 30.5 Å². The van der Waals surface area contributed by atoms with Gasteiger partial charge in [-0.1, -0.05) is 56.3 Å². The molecule has 2 rings (SSSR count). The maximum atomic E-state index is 12.7. The Labute approximate surface area is 189 Å². The van der Waals surface area contributed by atoms with Crippen molar-refractivity contribution in [3.8, 4) is 0 Å². The fourth-order valence-electron chi connectivity index (χ4n) is 2.98. The van der Waals surface area contributed by atoms with Crippen LogP contribution in [0.25, 0.3) is 0 Å². The lowest BCUT2D eigenvalue weighted by Crippen LogP contribution is -2.55. The quantitative estimate of drug-likeness (QED) is 0.528. The van der Waals surface area contributed by atoms with Crippen molar-refractivity contribution < 1.29 is 32.3 Å². The first-order chi connectivity index (χ1) is 15.5. The van der Waals surface area contributed by atoms with E-state index in [4.69, 9.17) is 10.5 Å². The molecule has 0 aliphatic rings. The number of hydrogen-bond acceptors (Lipinski definition) is 4. The number of carbonyl (C=O) groups is 3. The number of amides is 3. The summed E-state index contributed by atoms with van der Waals surface area (Å²) in [5.74, 6) is -1.89. The van der Waals surface area contributed by atoms with Gasteiger partial charge in [0.25, 0.3) is 0 Å². The van der Waals surface area contributed by atoms with Crippen molar-refractivity contribution >= 4 is 17.9 Å². The second-order valence-electron chi connectivity index (χ2n) is 7.79. The summed E-state index contributed by atoms with van der Waals surface area (Å²) in [4.78, 5) is 36.8. The Morgan fingerprint density at radius 3 is 2.06 bits per heavy atom. The molecule has 0 saturated heterocycles. The summed E-state index contributed by atoms with van der Waals surface area (Å²) in [6.45, 7) is 3.39. The van der Waals surface area contributed by atoms with Crippen LogP contribution in [-0.2, 0) is 33.5 Å². The van der Waals surface area contributed by atoms with Crippen LogP contribution in [0.5, 0.6) is 0 Å². The van der Waals surface area contributed by atoms with Gasteiger partial charge in [-0.2, -0.15) is 13.2 Å². The number of halogens is 3. The summed E-state index contributed by atoms with van der Waals surface area (Å²) in [5.41, 5.74) is 5.69. The zero-order valence-corrected chi connectivity index (χ0v) is 18.2. The number of primary amides is 1. The fraction of sp³-hybridized carbons (Fsp3) is 0.348. The number of carbonyl (C=O) groups excluding carboxylic acids is 3. The number of alkyl halides is 3. The van der Waals surface area contributed by atoms with E-state index in [0.717, 1.165) is 17.7 Å². The fourth-order valence-corrected chi connectivity index (χ4v) is 2.98. The van der Waals surface area contributed by atoms with Gasteiger partial charge in [-0.25, -0.2) is 4.79 Å². The van der Waals surface area contributed by atoms with Crippen LogP contribution in [0.15, 0.2) is 54.6 Å². The molecule has 2 aromatic rings. The van der Waals surface area contributed by atoms with Gasteiger partial charge in [-0.05, 0) is 29.2 Å². The number of alkyl carbamates (subject to hydrolysis) is 1. The van der Waals surface area contributed by atoms with E-state index in [-0.39, 0.29) is 18.9 Å². The zero-order valence-electron chi connectivity index (χ0n) is 18.2. The maximum Gasteiger partial charge on any atom is 0.416 e. The SMILES string of the molecule is CC(C)[C@@H](NC(=O)OCc1ccccc1)C(=O)N[C@H](Cc1ccc(C(F)(F)F)cc1)C(N)=O. The van der Waals surface area contributed by atoms with Crippen molar-refractivity contribution in [2.75, 3.05) is 0 Å². The second-order valence-corrected chi connectivity index (χ2v) is 7.79. The average molecular weight is 465 g/mol. The Hall–Kier alpha value is -3.56. The van der Waals surface area contributed by atoms with Gasteiger partial charge in [0, 0.05) is 6.42 Å². The second kappa shape index (κ2) is 11.3. The highest BCUT2D eigenvalue weighted by Crippen LogP contribution is 2.29. The third kappa shape index (κ3) is 8.13. The third-order valence-electron chi connectivity index (χ3n) is 4.82. The topological polar surface area (TPSA) is 111 Å². The van der Waals surface area contributed by atoms with Crippen molar-refractivity contribution in [3.63, 3.8) is 0 Å². The van der Waals surface area contributed by atoms with Crippen LogP contribution in [-0.4, -0.2) is 30.0 Å². The van der Waals surface area contributed by atoms with Crippen molar-refractivity contribution in [2.45, 2.75) is 45.1 Å². The Bertz CT molecular complexity index is 948. The summed E-state index contributed by atoms with van der Waals surface area (Å²) in [6.07, 6.45) is -5.41. The summed E-state index contributed by atoms with van der Waals surface area (Å²) >= 11 is 0. The first kappa shape index (κ1) is 25.7. The van der Waals surface area contributed by atoms with E-state index in [2.05, 4.69) is 10.6 Å². The van der Waals surface area contributed by atoms with E-state index in [1.165, 1.54) is 12.1 Å². The van der Waals surface area contributed by atoms with Crippen LogP contribution in [0.3, 0.4) is 0 Å². The van der Waals surface area contributed by atoms with Crippen molar-refractivity contribution in [1.82, 2.24) is 10.6 Å². The van der Waals surface area contributed by atoms with Gasteiger partial charge in [0.05, 0.1) is 5.56 Å². The van der Waals surface area contributed by atoms with E-state index in [1.807, 2.05) is 6.07 Å². The van der Waals surface area contributed by atoms with Crippen LogP contribution < -0.4 is 16.4 Å². The van der Waals surface area contributed by atoms with Crippen molar-refractivity contribution in [2.24, 2.45) is 11.7 Å². The molecule has 7 nitrogen and oxygen atoms in total. The molecule has 0 bridgehead atoms.